The van der Waals surface area contributed by atoms with E-state index in [9.17, 15) is 4.39 Å². The van der Waals surface area contributed by atoms with Gasteiger partial charge in [-0.3, -0.25) is 0 Å². The van der Waals surface area contributed by atoms with Crippen LogP contribution in [0.2, 0.25) is 0 Å². The molecule has 0 heterocycles. The number of nitrogens with one attached hydrogen (secondary N) is 1. The molecule has 1 fully saturated rings. The van der Waals surface area contributed by atoms with Crippen molar-refractivity contribution < 1.29 is 4.39 Å². The Morgan fingerprint density at radius 2 is 2.00 bits per heavy atom. The molecule has 0 spiro atoms. The highest BCUT2D eigenvalue weighted by atomic mass is 79.9. The Labute approximate surface area is 130 Å². The Bertz CT molecular complexity index is 439. The molecule has 1 N–H and O–H groups in total. The highest BCUT2D eigenvalue weighted by molar-refractivity contribution is 9.10. The second kappa shape index (κ2) is 7.04. The van der Waals surface area contributed by atoms with Crippen LogP contribution in [0.15, 0.2) is 22.7 Å². The molecule has 0 saturated heterocycles. The summed E-state index contributed by atoms with van der Waals surface area (Å²) in [5.74, 6) is 0.582. The maximum Gasteiger partial charge on any atom is 0.123 e. The first-order valence-electron chi connectivity index (χ1n) is 7.65. The number of rotatable bonds is 6. The lowest BCUT2D eigenvalue weighted by Crippen LogP contribution is -2.33. The molecule has 2 rings (SSSR count). The fourth-order valence-electron chi connectivity index (χ4n) is 3.59. The molecule has 0 atom stereocenters. The molecule has 1 saturated carbocycles. The maximum atomic E-state index is 13.3. The van der Waals surface area contributed by atoms with E-state index in [4.69, 9.17) is 0 Å². The van der Waals surface area contributed by atoms with Crippen LogP contribution in [-0.2, 0) is 6.54 Å². The molecule has 1 aliphatic carbocycles. The fraction of sp³-hybridized carbons (Fsp3) is 0.647. The van der Waals surface area contributed by atoms with Crippen molar-refractivity contribution >= 4 is 15.9 Å². The van der Waals surface area contributed by atoms with Gasteiger partial charge in [0, 0.05) is 17.6 Å². The molecule has 1 nitrogen and oxygen atoms in total. The fourth-order valence-corrected chi connectivity index (χ4v) is 3.97. The minimum Gasteiger partial charge on any atom is -0.312 e. The predicted octanol–water partition coefficient (Wildman–Crippen LogP) is 5.28. The van der Waals surface area contributed by atoms with Gasteiger partial charge in [-0.15, -0.1) is 0 Å². The van der Waals surface area contributed by atoms with Crippen LogP contribution in [0, 0.1) is 17.2 Å². The first-order valence-corrected chi connectivity index (χ1v) is 8.45. The SMILES string of the molecule is CC(C)CC1(CNCc2cc(F)ccc2Br)CCCC1. The van der Waals surface area contributed by atoms with Crippen molar-refractivity contribution in [3.8, 4) is 0 Å². The van der Waals surface area contributed by atoms with Crippen molar-refractivity contribution in [2.24, 2.45) is 11.3 Å². The minimum absolute atomic E-state index is 0.164. The third kappa shape index (κ3) is 4.29. The molecule has 1 aromatic carbocycles. The smallest absolute Gasteiger partial charge is 0.123 e. The molecule has 1 aliphatic rings. The van der Waals surface area contributed by atoms with Crippen molar-refractivity contribution in [1.29, 1.82) is 0 Å². The van der Waals surface area contributed by atoms with Gasteiger partial charge in [-0.2, -0.15) is 0 Å². The highest BCUT2D eigenvalue weighted by Crippen LogP contribution is 2.42. The van der Waals surface area contributed by atoms with Crippen LogP contribution in [0.1, 0.15) is 51.5 Å². The second-order valence-corrected chi connectivity index (χ2v) is 7.50. The zero-order valence-corrected chi connectivity index (χ0v) is 14.1. The van der Waals surface area contributed by atoms with Gasteiger partial charge in [-0.1, -0.05) is 42.6 Å². The molecule has 3 heteroatoms. The van der Waals surface area contributed by atoms with E-state index in [0.717, 1.165) is 29.0 Å². The molecule has 1 aromatic rings. The van der Waals surface area contributed by atoms with E-state index in [1.165, 1.54) is 38.2 Å². The second-order valence-electron chi connectivity index (χ2n) is 6.64. The summed E-state index contributed by atoms with van der Waals surface area (Å²) in [6.07, 6.45) is 6.69. The average molecular weight is 342 g/mol. The van der Waals surface area contributed by atoms with Crippen molar-refractivity contribution in [3.05, 3.63) is 34.1 Å². The number of benzene rings is 1. The third-order valence-electron chi connectivity index (χ3n) is 4.33. The van der Waals surface area contributed by atoms with Gasteiger partial charge in [0.1, 0.15) is 5.82 Å². The molecule has 0 radical (unpaired) electrons. The summed E-state index contributed by atoms with van der Waals surface area (Å²) < 4.78 is 14.3. The van der Waals surface area contributed by atoms with E-state index in [1.807, 2.05) is 0 Å². The molecule has 0 unspecified atom stereocenters. The molecule has 0 aromatic heterocycles. The molecular weight excluding hydrogens is 317 g/mol. The quantitative estimate of drug-likeness (QED) is 0.741. The predicted molar refractivity (Wildman–Crippen MR) is 86.2 cm³/mol. The zero-order valence-electron chi connectivity index (χ0n) is 12.5. The van der Waals surface area contributed by atoms with Gasteiger partial charge in [0.2, 0.25) is 0 Å². The topological polar surface area (TPSA) is 12.0 Å². The van der Waals surface area contributed by atoms with Crippen molar-refractivity contribution in [2.75, 3.05) is 6.54 Å². The summed E-state index contributed by atoms with van der Waals surface area (Å²) in [5.41, 5.74) is 1.47. The van der Waals surface area contributed by atoms with Crippen LogP contribution in [0.5, 0.6) is 0 Å². The van der Waals surface area contributed by atoms with E-state index in [1.54, 1.807) is 12.1 Å². The Balaban J connectivity index is 1.91. The number of halogens is 2. The van der Waals surface area contributed by atoms with E-state index in [-0.39, 0.29) is 5.82 Å². The number of hydrogen-bond acceptors (Lipinski definition) is 1. The molecule has 20 heavy (non-hydrogen) atoms. The minimum atomic E-state index is -0.164. The summed E-state index contributed by atoms with van der Waals surface area (Å²) >= 11 is 3.49. The first kappa shape index (κ1) is 16.0. The van der Waals surface area contributed by atoms with Crippen LogP contribution in [0.25, 0.3) is 0 Å². The van der Waals surface area contributed by atoms with Gasteiger partial charge in [-0.25, -0.2) is 4.39 Å². The maximum absolute atomic E-state index is 13.3. The largest absolute Gasteiger partial charge is 0.312 e. The lowest BCUT2D eigenvalue weighted by molar-refractivity contribution is 0.223. The molecule has 0 aliphatic heterocycles. The standard InChI is InChI=1S/C17H25BrFN/c1-13(2)10-17(7-3-4-8-17)12-20-11-14-9-15(19)5-6-16(14)18/h5-6,9,13,20H,3-4,7-8,10-12H2,1-2H3. The average Bonchev–Trinajstić information content (AvgIpc) is 2.81. The molecule has 112 valence electrons. The summed E-state index contributed by atoms with van der Waals surface area (Å²) in [4.78, 5) is 0. The lowest BCUT2D eigenvalue weighted by Gasteiger charge is -2.31. The molecular formula is C17H25BrFN. The third-order valence-corrected chi connectivity index (χ3v) is 5.10. The van der Waals surface area contributed by atoms with Crippen molar-refractivity contribution in [3.63, 3.8) is 0 Å². The summed E-state index contributed by atoms with van der Waals surface area (Å²) in [7, 11) is 0. The van der Waals surface area contributed by atoms with E-state index >= 15 is 0 Å². The van der Waals surface area contributed by atoms with Gasteiger partial charge in [-0.05, 0) is 54.4 Å². The summed E-state index contributed by atoms with van der Waals surface area (Å²) in [6, 6.07) is 4.89. The Morgan fingerprint density at radius 1 is 1.30 bits per heavy atom. The summed E-state index contributed by atoms with van der Waals surface area (Å²) in [6.45, 7) is 6.40. The normalized spacial score (nSPS) is 17.9. The van der Waals surface area contributed by atoms with Crippen molar-refractivity contribution in [2.45, 2.75) is 52.5 Å². The molecule has 0 amide bonds. The Kier molecular flexibility index (Phi) is 5.62. The van der Waals surface area contributed by atoms with Gasteiger partial charge in [0.05, 0.1) is 0 Å². The van der Waals surface area contributed by atoms with Gasteiger partial charge in [0.25, 0.3) is 0 Å². The van der Waals surface area contributed by atoms with Crippen LogP contribution in [0.4, 0.5) is 4.39 Å². The summed E-state index contributed by atoms with van der Waals surface area (Å²) in [5, 5.41) is 3.56. The van der Waals surface area contributed by atoms with E-state index in [2.05, 4.69) is 35.1 Å². The lowest BCUT2D eigenvalue weighted by atomic mass is 9.78. The highest BCUT2D eigenvalue weighted by Gasteiger charge is 2.33. The first-order chi connectivity index (χ1) is 9.51. The number of hydrogen-bond donors (Lipinski definition) is 1. The van der Waals surface area contributed by atoms with Crippen LogP contribution in [-0.4, -0.2) is 6.54 Å². The van der Waals surface area contributed by atoms with Crippen LogP contribution < -0.4 is 5.32 Å². The Morgan fingerprint density at radius 3 is 2.65 bits per heavy atom. The van der Waals surface area contributed by atoms with Gasteiger partial charge < -0.3 is 5.32 Å². The zero-order chi connectivity index (χ0) is 14.6. The van der Waals surface area contributed by atoms with Gasteiger partial charge in [0.15, 0.2) is 0 Å². The van der Waals surface area contributed by atoms with E-state index in [0.29, 0.717) is 5.41 Å². The van der Waals surface area contributed by atoms with Crippen molar-refractivity contribution in [1.82, 2.24) is 5.32 Å². The molecule has 0 bridgehead atoms. The van der Waals surface area contributed by atoms with E-state index < -0.39 is 0 Å². The Hall–Kier alpha value is -0.410. The van der Waals surface area contributed by atoms with Crippen LogP contribution >= 0.6 is 15.9 Å². The van der Waals surface area contributed by atoms with Gasteiger partial charge >= 0.3 is 0 Å². The van der Waals surface area contributed by atoms with Crippen LogP contribution in [0.3, 0.4) is 0 Å². The monoisotopic (exact) mass is 341 g/mol.